The second kappa shape index (κ2) is 7.58. The van der Waals surface area contributed by atoms with E-state index in [1.54, 1.807) is 6.07 Å². The number of nitrogens with two attached hydrogens (primary N) is 2. The van der Waals surface area contributed by atoms with Gasteiger partial charge in [0, 0.05) is 11.1 Å². The molecular formula is C21H25N9. The predicted molar refractivity (Wildman–Crippen MR) is 118 cm³/mol. The Kier molecular flexibility index (Phi) is 4.94. The summed E-state index contributed by atoms with van der Waals surface area (Å²) in [6, 6.07) is 10.9. The van der Waals surface area contributed by atoms with Gasteiger partial charge in [-0.2, -0.15) is 0 Å². The summed E-state index contributed by atoms with van der Waals surface area (Å²) in [6.07, 6.45) is 1.83. The maximum atomic E-state index is 7.66. The van der Waals surface area contributed by atoms with Crippen molar-refractivity contribution in [1.82, 2.24) is 25.0 Å². The summed E-state index contributed by atoms with van der Waals surface area (Å²) in [5.74, 6) is 1.33. The Morgan fingerprint density at radius 2 is 1.67 bits per heavy atom. The molecule has 0 saturated carbocycles. The van der Waals surface area contributed by atoms with Gasteiger partial charge in [-0.25, -0.2) is 9.67 Å². The van der Waals surface area contributed by atoms with E-state index in [0.717, 1.165) is 35.2 Å². The summed E-state index contributed by atoms with van der Waals surface area (Å²) in [5, 5.41) is 24.0. The van der Waals surface area contributed by atoms with E-state index in [9.17, 15) is 0 Å². The van der Waals surface area contributed by atoms with Crippen LogP contribution in [0.15, 0.2) is 36.4 Å². The van der Waals surface area contributed by atoms with E-state index in [1.165, 1.54) is 0 Å². The number of fused-ring (bicyclic) bond motifs is 2. The third kappa shape index (κ3) is 3.61. The molecule has 9 heteroatoms. The van der Waals surface area contributed by atoms with Crippen molar-refractivity contribution in [2.45, 2.75) is 32.7 Å². The summed E-state index contributed by atoms with van der Waals surface area (Å²) in [4.78, 5) is 8.20. The summed E-state index contributed by atoms with van der Waals surface area (Å²) in [7, 11) is 0. The van der Waals surface area contributed by atoms with Crippen LogP contribution in [-0.4, -0.2) is 36.6 Å². The number of nitrogens with one attached hydrogen (secondary N) is 3. The molecule has 0 bridgehead atoms. The van der Waals surface area contributed by atoms with Crippen molar-refractivity contribution in [3.63, 3.8) is 0 Å². The van der Waals surface area contributed by atoms with E-state index < -0.39 is 0 Å². The molecule has 2 aromatic carbocycles. The van der Waals surface area contributed by atoms with Crippen LogP contribution in [0.3, 0.4) is 0 Å². The zero-order valence-electron chi connectivity index (χ0n) is 17.0. The maximum absolute atomic E-state index is 7.66. The van der Waals surface area contributed by atoms with Gasteiger partial charge >= 0.3 is 0 Å². The normalized spacial score (nSPS) is 12.6. The molecule has 2 heterocycles. The lowest BCUT2D eigenvalue weighted by Gasteiger charge is -2.17. The second-order valence-corrected chi connectivity index (χ2v) is 7.91. The fraction of sp³-hybridized carbons (Fsp3) is 0.286. The molecule has 4 aromatic rings. The molecule has 0 aliphatic rings. The van der Waals surface area contributed by atoms with Gasteiger partial charge in [0.2, 0.25) is 0 Å². The summed E-state index contributed by atoms with van der Waals surface area (Å²) < 4.78 is 1.88. The van der Waals surface area contributed by atoms with Crippen molar-refractivity contribution in [1.29, 1.82) is 10.8 Å². The monoisotopic (exact) mass is 403 g/mol. The van der Waals surface area contributed by atoms with Crippen LogP contribution in [-0.2, 0) is 0 Å². The number of amidine groups is 2. The zero-order chi connectivity index (χ0) is 21.4. The third-order valence-electron chi connectivity index (χ3n) is 5.22. The van der Waals surface area contributed by atoms with Gasteiger partial charge in [-0.05, 0) is 55.2 Å². The highest BCUT2D eigenvalue weighted by molar-refractivity contribution is 5.98. The minimum atomic E-state index is -0.131. The van der Waals surface area contributed by atoms with Crippen molar-refractivity contribution in [2.75, 3.05) is 0 Å². The van der Waals surface area contributed by atoms with Crippen LogP contribution in [0.25, 0.3) is 22.1 Å². The van der Waals surface area contributed by atoms with Gasteiger partial charge in [0.1, 0.15) is 29.1 Å². The second-order valence-electron chi connectivity index (χ2n) is 7.91. The molecule has 7 N–H and O–H groups in total. The summed E-state index contributed by atoms with van der Waals surface area (Å²) >= 11 is 0. The van der Waals surface area contributed by atoms with E-state index in [0.29, 0.717) is 22.6 Å². The van der Waals surface area contributed by atoms with E-state index in [2.05, 4.69) is 29.1 Å². The smallest absolute Gasteiger partial charge is 0.132 e. The van der Waals surface area contributed by atoms with Gasteiger partial charge in [0.25, 0.3) is 0 Å². The van der Waals surface area contributed by atoms with Gasteiger partial charge in [-0.1, -0.05) is 19.1 Å². The number of rotatable bonds is 7. The molecule has 4 rings (SSSR count). The Balaban J connectivity index is 1.80. The fourth-order valence-corrected chi connectivity index (χ4v) is 3.56. The van der Waals surface area contributed by atoms with Crippen molar-refractivity contribution >= 4 is 33.7 Å². The molecule has 0 saturated heterocycles. The van der Waals surface area contributed by atoms with Crippen molar-refractivity contribution in [3.05, 3.63) is 53.3 Å². The van der Waals surface area contributed by atoms with Crippen molar-refractivity contribution in [2.24, 2.45) is 17.4 Å². The molecule has 1 atom stereocenters. The highest BCUT2D eigenvalue weighted by Crippen LogP contribution is 2.28. The quantitative estimate of drug-likeness (QED) is 0.237. The lowest BCUT2D eigenvalue weighted by Crippen LogP contribution is -2.15. The molecule has 154 valence electrons. The van der Waals surface area contributed by atoms with Crippen LogP contribution >= 0.6 is 0 Å². The summed E-state index contributed by atoms with van der Waals surface area (Å²) in [5.41, 5.74) is 15.7. The number of nitrogens with zero attached hydrogens (tertiary/aromatic N) is 4. The average molecular weight is 403 g/mol. The Hall–Kier alpha value is -3.75. The molecular weight excluding hydrogens is 378 g/mol. The van der Waals surface area contributed by atoms with Gasteiger partial charge in [-0.3, -0.25) is 10.8 Å². The molecule has 0 aliphatic heterocycles. The number of benzene rings is 2. The zero-order valence-corrected chi connectivity index (χ0v) is 17.0. The number of imidazole rings is 1. The van der Waals surface area contributed by atoms with E-state index >= 15 is 0 Å². The molecule has 9 nitrogen and oxygen atoms in total. The SMILES string of the molecule is CC(C)CCC(c1nc2cc(C(=N)N)ccc2[nH]1)n1nnc2cc(C(=N)N)ccc21. The standard InChI is InChI=1S/C21H25N9/c1-11(2)3-7-18(21-26-14-6-4-12(19(22)23)9-15(14)27-21)30-17-8-5-13(20(24)25)10-16(17)28-29-30/h4-6,8-11,18H,3,7H2,1-2H3,(H3,22,23)(H3,24,25)(H,26,27). The number of nitrogen functional groups attached to an aromatic ring is 2. The van der Waals surface area contributed by atoms with Gasteiger partial charge in [-0.15, -0.1) is 5.10 Å². The highest BCUT2D eigenvalue weighted by atomic mass is 15.4. The first-order valence-electron chi connectivity index (χ1n) is 9.87. The van der Waals surface area contributed by atoms with Crippen molar-refractivity contribution < 1.29 is 0 Å². The largest absolute Gasteiger partial charge is 0.384 e. The van der Waals surface area contributed by atoms with Crippen LogP contribution in [0.2, 0.25) is 0 Å². The fourth-order valence-electron chi connectivity index (χ4n) is 3.56. The Labute approximate surface area is 173 Å². The van der Waals surface area contributed by atoms with E-state index in [4.69, 9.17) is 27.3 Å². The predicted octanol–water partition coefficient (Wildman–Crippen LogP) is 2.90. The Morgan fingerprint density at radius 1 is 1.00 bits per heavy atom. The molecule has 1 unspecified atom stereocenters. The minimum Gasteiger partial charge on any atom is -0.384 e. The van der Waals surface area contributed by atoms with Crippen LogP contribution in [0.1, 0.15) is 49.7 Å². The Bertz CT molecular complexity index is 1250. The highest BCUT2D eigenvalue weighted by Gasteiger charge is 2.22. The van der Waals surface area contributed by atoms with Crippen LogP contribution < -0.4 is 11.5 Å². The van der Waals surface area contributed by atoms with Crippen LogP contribution in [0, 0.1) is 16.7 Å². The van der Waals surface area contributed by atoms with Crippen LogP contribution in [0.5, 0.6) is 0 Å². The molecule has 0 radical (unpaired) electrons. The molecule has 0 amide bonds. The van der Waals surface area contributed by atoms with E-state index in [-0.39, 0.29) is 17.7 Å². The van der Waals surface area contributed by atoms with Crippen LogP contribution in [0.4, 0.5) is 0 Å². The first kappa shape index (κ1) is 19.6. The number of hydrogen-bond donors (Lipinski definition) is 5. The number of aromatic amines is 1. The molecule has 30 heavy (non-hydrogen) atoms. The molecule has 0 fully saturated rings. The lowest BCUT2D eigenvalue weighted by atomic mass is 10.0. The van der Waals surface area contributed by atoms with Gasteiger partial charge in [0.15, 0.2) is 0 Å². The molecule has 0 spiro atoms. The topological polar surface area (TPSA) is 159 Å². The third-order valence-corrected chi connectivity index (χ3v) is 5.22. The van der Waals surface area contributed by atoms with E-state index in [1.807, 2.05) is 35.0 Å². The maximum Gasteiger partial charge on any atom is 0.132 e. The van der Waals surface area contributed by atoms with Crippen molar-refractivity contribution in [3.8, 4) is 0 Å². The Morgan fingerprint density at radius 3 is 2.33 bits per heavy atom. The first-order chi connectivity index (χ1) is 14.3. The van der Waals surface area contributed by atoms with Gasteiger partial charge < -0.3 is 16.5 Å². The summed E-state index contributed by atoms with van der Waals surface area (Å²) in [6.45, 7) is 4.38. The molecule has 2 aromatic heterocycles. The number of H-pyrrole nitrogens is 1. The lowest BCUT2D eigenvalue weighted by molar-refractivity contribution is 0.422. The molecule has 0 aliphatic carbocycles. The first-order valence-corrected chi connectivity index (χ1v) is 9.87. The number of aromatic nitrogens is 5. The number of hydrogen-bond acceptors (Lipinski definition) is 5. The average Bonchev–Trinajstić information content (AvgIpc) is 3.31. The van der Waals surface area contributed by atoms with Gasteiger partial charge in [0.05, 0.1) is 16.6 Å². The minimum absolute atomic E-state index is 0.00127.